The first kappa shape index (κ1) is 15.9. The van der Waals surface area contributed by atoms with E-state index < -0.39 is 0 Å². The molecule has 1 rings (SSSR count). The van der Waals surface area contributed by atoms with Gasteiger partial charge in [-0.3, -0.25) is 4.90 Å². The van der Waals surface area contributed by atoms with Crippen LogP contribution < -0.4 is 5.73 Å². The van der Waals surface area contributed by atoms with Gasteiger partial charge in [-0.1, -0.05) is 13.8 Å². The Labute approximate surface area is 114 Å². The fourth-order valence-electron chi connectivity index (χ4n) is 3.44. The van der Waals surface area contributed by atoms with E-state index in [2.05, 4.69) is 37.5 Å². The van der Waals surface area contributed by atoms with Gasteiger partial charge in [-0.15, -0.1) is 0 Å². The molecule has 0 aromatic carbocycles. The molecule has 0 aromatic rings. The highest BCUT2D eigenvalue weighted by Gasteiger charge is 2.37. The third kappa shape index (κ3) is 3.69. The molecule has 0 aromatic heterocycles. The van der Waals surface area contributed by atoms with Crippen molar-refractivity contribution < 1.29 is 0 Å². The molecule has 0 amide bonds. The quantitative estimate of drug-likeness (QED) is 0.790. The first-order valence-corrected chi connectivity index (χ1v) is 7.78. The van der Waals surface area contributed by atoms with Crippen LogP contribution in [-0.4, -0.2) is 54.1 Å². The Kier molecular flexibility index (Phi) is 6.61. The lowest BCUT2D eigenvalue weighted by molar-refractivity contribution is 0.0481. The van der Waals surface area contributed by atoms with E-state index in [9.17, 15) is 0 Å². The van der Waals surface area contributed by atoms with Crippen LogP contribution in [0, 0.1) is 0 Å². The van der Waals surface area contributed by atoms with E-state index in [-0.39, 0.29) is 5.54 Å². The second-order valence-corrected chi connectivity index (χ2v) is 6.00. The lowest BCUT2D eigenvalue weighted by atomic mass is 9.87. The van der Waals surface area contributed by atoms with Crippen LogP contribution in [0.25, 0.3) is 0 Å². The molecule has 2 N–H and O–H groups in total. The SMILES string of the molecule is CCCN(C(C)C)C1(CN)CCCN(CC)CC1. The predicted octanol–water partition coefficient (Wildman–Crippen LogP) is 2.31. The van der Waals surface area contributed by atoms with Crippen LogP contribution in [0.4, 0.5) is 0 Å². The topological polar surface area (TPSA) is 32.5 Å². The number of nitrogens with zero attached hydrogens (tertiary/aromatic N) is 2. The van der Waals surface area contributed by atoms with Crippen molar-refractivity contribution in [3.8, 4) is 0 Å². The number of likely N-dealkylation sites (tertiary alicyclic amines) is 1. The summed E-state index contributed by atoms with van der Waals surface area (Å²) in [7, 11) is 0. The van der Waals surface area contributed by atoms with Gasteiger partial charge in [-0.25, -0.2) is 0 Å². The molecule has 1 aliphatic rings. The zero-order valence-corrected chi connectivity index (χ0v) is 12.9. The number of hydrogen-bond acceptors (Lipinski definition) is 3. The Hall–Kier alpha value is -0.120. The first-order valence-electron chi connectivity index (χ1n) is 7.78. The largest absolute Gasteiger partial charge is 0.329 e. The fraction of sp³-hybridized carbons (Fsp3) is 1.00. The van der Waals surface area contributed by atoms with Gasteiger partial charge in [0.25, 0.3) is 0 Å². The first-order chi connectivity index (χ1) is 8.59. The molecular weight excluding hydrogens is 222 g/mol. The minimum Gasteiger partial charge on any atom is -0.329 e. The van der Waals surface area contributed by atoms with Crippen molar-refractivity contribution >= 4 is 0 Å². The van der Waals surface area contributed by atoms with Gasteiger partial charge in [0.1, 0.15) is 0 Å². The van der Waals surface area contributed by atoms with Gasteiger partial charge < -0.3 is 10.6 Å². The normalized spacial score (nSPS) is 26.8. The molecule has 0 bridgehead atoms. The molecule has 0 aliphatic carbocycles. The van der Waals surface area contributed by atoms with Crippen LogP contribution in [0.5, 0.6) is 0 Å². The molecule has 0 saturated carbocycles. The Morgan fingerprint density at radius 1 is 1.22 bits per heavy atom. The molecule has 1 aliphatic heterocycles. The van der Waals surface area contributed by atoms with Crippen LogP contribution in [0.3, 0.4) is 0 Å². The summed E-state index contributed by atoms with van der Waals surface area (Å²) >= 11 is 0. The van der Waals surface area contributed by atoms with E-state index in [0.717, 1.165) is 6.54 Å². The van der Waals surface area contributed by atoms with Gasteiger partial charge in [-0.2, -0.15) is 0 Å². The molecule has 3 nitrogen and oxygen atoms in total. The lowest BCUT2D eigenvalue weighted by Gasteiger charge is -2.45. The van der Waals surface area contributed by atoms with E-state index >= 15 is 0 Å². The Balaban J connectivity index is 2.81. The van der Waals surface area contributed by atoms with Gasteiger partial charge in [0.2, 0.25) is 0 Å². The summed E-state index contributed by atoms with van der Waals surface area (Å²) in [6, 6.07) is 0.599. The van der Waals surface area contributed by atoms with Gasteiger partial charge in [-0.05, 0) is 65.7 Å². The number of nitrogens with two attached hydrogens (primary N) is 1. The van der Waals surface area contributed by atoms with Gasteiger partial charge in [0.15, 0.2) is 0 Å². The van der Waals surface area contributed by atoms with E-state index in [1.807, 2.05) is 0 Å². The number of rotatable bonds is 6. The van der Waals surface area contributed by atoms with Crippen molar-refractivity contribution in [3.05, 3.63) is 0 Å². The zero-order chi connectivity index (χ0) is 13.6. The highest BCUT2D eigenvalue weighted by atomic mass is 15.2. The van der Waals surface area contributed by atoms with Crippen LogP contribution in [-0.2, 0) is 0 Å². The van der Waals surface area contributed by atoms with Crippen molar-refractivity contribution in [1.29, 1.82) is 0 Å². The molecule has 0 spiro atoms. The summed E-state index contributed by atoms with van der Waals surface area (Å²) in [4.78, 5) is 5.24. The van der Waals surface area contributed by atoms with Crippen molar-refractivity contribution in [2.24, 2.45) is 5.73 Å². The molecule has 18 heavy (non-hydrogen) atoms. The predicted molar refractivity (Wildman–Crippen MR) is 79.9 cm³/mol. The average Bonchev–Trinajstić information content (AvgIpc) is 2.58. The maximum absolute atomic E-state index is 6.20. The molecule has 1 heterocycles. The molecular formula is C15H33N3. The maximum Gasteiger partial charge on any atom is 0.0347 e. The summed E-state index contributed by atoms with van der Waals surface area (Å²) < 4.78 is 0. The van der Waals surface area contributed by atoms with Crippen molar-refractivity contribution in [2.45, 2.75) is 65.0 Å². The van der Waals surface area contributed by atoms with Crippen LogP contribution in [0.15, 0.2) is 0 Å². The zero-order valence-electron chi connectivity index (χ0n) is 12.9. The Morgan fingerprint density at radius 2 is 1.94 bits per heavy atom. The van der Waals surface area contributed by atoms with E-state index in [4.69, 9.17) is 5.73 Å². The Morgan fingerprint density at radius 3 is 2.44 bits per heavy atom. The number of hydrogen-bond donors (Lipinski definition) is 1. The third-order valence-corrected chi connectivity index (χ3v) is 4.53. The minimum atomic E-state index is 0.244. The second-order valence-electron chi connectivity index (χ2n) is 6.00. The fourth-order valence-corrected chi connectivity index (χ4v) is 3.44. The molecule has 108 valence electrons. The van der Waals surface area contributed by atoms with Gasteiger partial charge >= 0.3 is 0 Å². The summed E-state index contributed by atoms with van der Waals surface area (Å²) in [6.07, 6.45) is 5.00. The van der Waals surface area contributed by atoms with Gasteiger partial charge in [0, 0.05) is 18.1 Å². The highest BCUT2D eigenvalue weighted by Crippen LogP contribution is 2.30. The molecule has 1 unspecified atom stereocenters. The molecule has 0 radical (unpaired) electrons. The van der Waals surface area contributed by atoms with Gasteiger partial charge in [0.05, 0.1) is 0 Å². The third-order valence-electron chi connectivity index (χ3n) is 4.53. The van der Waals surface area contributed by atoms with Crippen molar-refractivity contribution in [2.75, 3.05) is 32.7 Å². The van der Waals surface area contributed by atoms with Crippen LogP contribution in [0.1, 0.15) is 53.4 Å². The summed E-state index contributed by atoms with van der Waals surface area (Å²) in [5.74, 6) is 0. The summed E-state index contributed by atoms with van der Waals surface area (Å²) in [6.45, 7) is 14.8. The Bertz CT molecular complexity index is 230. The molecule has 3 heteroatoms. The average molecular weight is 255 g/mol. The highest BCUT2D eigenvalue weighted by molar-refractivity contribution is 4.95. The smallest absolute Gasteiger partial charge is 0.0347 e. The molecule has 1 saturated heterocycles. The van der Waals surface area contributed by atoms with Crippen molar-refractivity contribution in [3.63, 3.8) is 0 Å². The molecule has 1 fully saturated rings. The minimum absolute atomic E-state index is 0.244. The second kappa shape index (κ2) is 7.46. The van der Waals surface area contributed by atoms with Crippen LogP contribution in [0.2, 0.25) is 0 Å². The summed E-state index contributed by atoms with van der Waals surface area (Å²) in [5.41, 5.74) is 6.45. The standard InChI is InChI=1S/C15H33N3/c1-5-10-18(14(3)4)15(13-16)8-7-11-17(6-2)12-9-15/h14H,5-13,16H2,1-4H3. The van der Waals surface area contributed by atoms with Crippen molar-refractivity contribution in [1.82, 2.24) is 9.80 Å². The maximum atomic E-state index is 6.20. The van der Waals surface area contributed by atoms with E-state index in [1.165, 1.54) is 51.9 Å². The van der Waals surface area contributed by atoms with E-state index in [0.29, 0.717) is 6.04 Å². The monoisotopic (exact) mass is 255 g/mol. The van der Waals surface area contributed by atoms with E-state index in [1.54, 1.807) is 0 Å². The van der Waals surface area contributed by atoms with Crippen LogP contribution >= 0.6 is 0 Å². The lowest BCUT2D eigenvalue weighted by Crippen LogP contribution is -2.57. The summed E-state index contributed by atoms with van der Waals surface area (Å²) in [5, 5.41) is 0. The molecule has 1 atom stereocenters.